The van der Waals surface area contributed by atoms with E-state index in [0.29, 0.717) is 17.0 Å². The zero-order valence-electron chi connectivity index (χ0n) is 18.4. The van der Waals surface area contributed by atoms with E-state index in [-0.39, 0.29) is 17.7 Å². The van der Waals surface area contributed by atoms with Gasteiger partial charge in [0.2, 0.25) is 5.71 Å². The number of amides is 2. The standard InChI is InChI=1S/C26H20N4O3/c1-4-30-25(31)20(15(2)21(14-27)26(30)32)12-19-13-22-24(33-19)28-23(29(22)3)18-10-9-16-7-5-6-8-17(16)11-18/h5-13H,4H2,1-3H3/b20-12-. The molecule has 1 aliphatic heterocycles. The lowest BCUT2D eigenvalue weighted by Crippen LogP contribution is -2.42. The van der Waals surface area contributed by atoms with Crippen molar-refractivity contribution in [2.75, 3.05) is 6.54 Å². The average molecular weight is 436 g/mol. The van der Waals surface area contributed by atoms with Gasteiger partial charge in [-0.2, -0.15) is 10.2 Å². The number of fused-ring (bicyclic) bond motifs is 2. The van der Waals surface area contributed by atoms with Crippen LogP contribution in [0.5, 0.6) is 0 Å². The van der Waals surface area contributed by atoms with Crippen LogP contribution in [-0.2, 0) is 16.6 Å². The fraction of sp³-hybridized carbons (Fsp3) is 0.154. The maximum absolute atomic E-state index is 12.8. The summed E-state index contributed by atoms with van der Waals surface area (Å²) in [5.41, 5.74) is 2.78. The number of nitrogens with zero attached hydrogens (tertiary/aromatic N) is 4. The van der Waals surface area contributed by atoms with Crippen LogP contribution in [0.25, 0.3) is 39.5 Å². The van der Waals surface area contributed by atoms with Crippen molar-refractivity contribution in [3.8, 4) is 17.5 Å². The fourth-order valence-corrected chi connectivity index (χ4v) is 4.21. The Balaban J connectivity index is 1.58. The molecule has 7 heteroatoms. The van der Waals surface area contributed by atoms with Crippen LogP contribution in [0.2, 0.25) is 0 Å². The summed E-state index contributed by atoms with van der Waals surface area (Å²) in [4.78, 5) is 30.9. The Kier molecular flexibility index (Phi) is 4.72. The van der Waals surface area contributed by atoms with Crippen molar-refractivity contribution in [2.24, 2.45) is 7.05 Å². The van der Waals surface area contributed by atoms with E-state index >= 15 is 0 Å². The molecule has 33 heavy (non-hydrogen) atoms. The molecular formula is C26H20N4O3. The summed E-state index contributed by atoms with van der Waals surface area (Å²) in [5.74, 6) is 0.196. The summed E-state index contributed by atoms with van der Waals surface area (Å²) in [7, 11) is 1.91. The van der Waals surface area contributed by atoms with Crippen LogP contribution in [-0.4, -0.2) is 32.8 Å². The number of benzene rings is 2. The van der Waals surface area contributed by atoms with Gasteiger partial charge < -0.3 is 8.98 Å². The second-order valence-electron chi connectivity index (χ2n) is 7.92. The lowest BCUT2D eigenvalue weighted by Gasteiger charge is -2.25. The van der Waals surface area contributed by atoms with Gasteiger partial charge >= 0.3 is 0 Å². The largest absolute Gasteiger partial charge is 0.437 e. The third-order valence-electron chi connectivity index (χ3n) is 6.04. The van der Waals surface area contributed by atoms with E-state index in [1.165, 1.54) is 0 Å². The topological polar surface area (TPSA) is 92.1 Å². The minimum Gasteiger partial charge on any atom is -0.437 e. The summed E-state index contributed by atoms with van der Waals surface area (Å²) < 4.78 is 7.88. The number of hydrogen-bond donors (Lipinski definition) is 0. The number of aromatic nitrogens is 2. The van der Waals surface area contributed by atoms with Crippen LogP contribution in [0.15, 0.2) is 69.7 Å². The predicted molar refractivity (Wildman–Crippen MR) is 125 cm³/mol. The molecule has 0 N–H and O–H groups in total. The number of furan rings is 1. The SMILES string of the molecule is CCN1C(=O)C(C#N)=C(C)/C(=C/c2cc3c(nc(-c4ccc5ccccc5c4)n3C)o2)C1=O. The fourth-order valence-electron chi connectivity index (χ4n) is 4.21. The normalized spacial score (nSPS) is 15.8. The summed E-state index contributed by atoms with van der Waals surface area (Å²) in [6.45, 7) is 3.48. The molecule has 0 bridgehead atoms. The molecule has 0 spiro atoms. The molecular weight excluding hydrogens is 416 g/mol. The van der Waals surface area contributed by atoms with E-state index in [2.05, 4.69) is 29.2 Å². The summed E-state index contributed by atoms with van der Waals surface area (Å²) in [6, 6.07) is 18.1. The van der Waals surface area contributed by atoms with Crippen molar-refractivity contribution < 1.29 is 14.0 Å². The number of nitriles is 1. The van der Waals surface area contributed by atoms with E-state index in [9.17, 15) is 14.9 Å². The maximum atomic E-state index is 12.8. The highest BCUT2D eigenvalue weighted by Crippen LogP contribution is 2.31. The Morgan fingerprint density at radius 3 is 2.55 bits per heavy atom. The second-order valence-corrected chi connectivity index (χ2v) is 7.92. The number of hydrogen-bond acceptors (Lipinski definition) is 5. The minimum absolute atomic E-state index is 0.0319. The summed E-state index contributed by atoms with van der Waals surface area (Å²) in [6.07, 6.45) is 1.57. The first-order valence-corrected chi connectivity index (χ1v) is 10.6. The van der Waals surface area contributed by atoms with Crippen molar-refractivity contribution in [2.45, 2.75) is 13.8 Å². The summed E-state index contributed by atoms with van der Waals surface area (Å²) >= 11 is 0. The average Bonchev–Trinajstić information content (AvgIpc) is 3.35. The van der Waals surface area contributed by atoms with Gasteiger partial charge in [0.1, 0.15) is 28.7 Å². The molecule has 0 saturated carbocycles. The number of carbonyl (C=O) groups is 2. The van der Waals surface area contributed by atoms with Gasteiger partial charge in [-0.25, -0.2) is 0 Å². The van der Waals surface area contributed by atoms with Crippen LogP contribution in [0, 0.1) is 11.3 Å². The first-order valence-electron chi connectivity index (χ1n) is 10.6. The zero-order valence-corrected chi connectivity index (χ0v) is 18.4. The number of rotatable bonds is 3. The van der Waals surface area contributed by atoms with Crippen molar-refractivity contribution in [1.82, 2.24) is 14.5 Å². The van der Waals surface area contributed by atoms with Gasteiger partial charge in [-0.15, -0.1) is 0 Å². The third kappa shape index (κ3) is 3.15. The molecule has 1 aliphatic rings. The molecule has 3 heterocycles. The Hall–Kier alpha value is -4.44. The van der Waals surface area contributed by atoms with Gasteiger partial charge in [0.25, 0.3) is 11.8 Å². The summed E-state index contributed by atoms with van der Waals surface area (Å²) in [5, 5.41) is 11.7. The third-order valence-corrected chi connectivity index (χ3v) is 6.04. The van der Waals surface area contributed by atoms with Crippen LogP contribution in [0.3, 0.4) is 0 Å². The zero-order chi connectivity index (χ0) is 23.3. The molecule has 2 aromatic carbocycles. The highest BCUT2D eigenvalue weighted by atomic mass is 16.3. The van der Waals surface area contributed by atoms with Gasteiger partial charge in [-0.3, -0.25) is 14.5 Å². The Bertz CT molecular complexity index is 1580. The van der Waals surface area contributed by atoms with Gasteiger partial charge in [-0.05, 0) is 42.3 Å². The first-order chi connectivity index (χ1) is 15.9. The van der Waals surface area contributed by atoms with Crippen molar-refractivity contribution in [1.29, 1.82) is 5.26 Å². The molecule has 0 radical (unpaired) electrons. The van der Waals surface area contributed by atoms with Crippen molar-refractivity contribution in [3.63, 3.8) is 0 Å². The van der Waals surface area contributed by atoms with E-state index in [0.717, 1.165) is 32.6 Å². The van der Waals surface area contributed by atoms with Gasteiger partial charge in [0.15, 0.2) is 0 Å². The Morgan fingerprint density at radius 1 is 1.09 bits per heavy atom. The molecule has 162 valence electrons. The molecule has 2 aromatic heterocycles. The number of aryl methyl sites for hydroxylation is 1. The molecule has 0 unspecified atom stereocenters. The highest BCUT2D eigenvalue weighted by molar-refractivity contribution is 6.19. The van der Waals surface area contributed by atoms with Gasteiger partial charge in [-0.1, -0.05) is 36.4 Å². The van der Waals surface area contributed by atoms with E-state index in [1.807, 2.05) is 35.9 Å². The lowest BCUT2D eigenvalue weighted by molar-refractivity contribution is -0.140. The Labute approximate surface area is 189 Å². The number of carbonyl (C=O) groups excluding carboxylic acids is 2. The predicted octanol–water partition coefficient (Wildman–Crippen LogP) is 4.60. The van der Waals surface area contributed by atoms with E-state index in [4.69, 9.17) is 4.42 Å². The number of likely N-dealkylation sites (N-methyl/N-ethyl adjacent to an activating group) is 1. The van der Waals surface area contributed by atoms with Crippen LogP contribution in [0.1, 0.15) is 19.6 Å². The molecule has 7 nitrogen and oxygen atoms in total. The highest BCUT2D eigenvalue weighted by Gasteiger charge is 2.34. The van der Waals surface area contributed by atoms with E-state index in [1.54, 1.807) is 26.0 Å². The monoisotopic (exact) mass is 436 g/mol. The number of imide groups is 1. The lowest BCUT2D eigenvalue weighted by atomic mass is 9.95. The molecule has 2 amide bonds. The van der Waals surface area contributed by atoms with E-state index < -0.39 is 11.8 Å². The first kappa shape index (κ1) is 20.5. The molecule has 0 aliphatic carbocycles. The van der Waals surface area contributed by atoms with Crippen LogP contribution in [0.4, 0.5) is 0 Å². The van der Waals surface area contributed by atoms with Crippen LogP contribution >= 0.6 is 0 Å². The smallest absolute Gasteiger partial charge is 0.271 e. The van der Waals surface area contributed by atoms with Crippen molar-refractivity contribution >= 4 is 39.9 Å². The second kappa shape index (κ2) is 7.61. The maximum Gasteiger partial charge on any atom is 0.271 e. The molecule has 4 aromatic rings. The number of imidazole rings is 1. The Morgan fingerprint density at radius 2 is 1.85 bits per heavy atom. The minimum atomic E-state index is -0.564. The molecule has 0 atom stereocenters. The van der Waals surface area contributed by atoms with Crippen LogP contribution < -0.4 is 0 Å². The van der Waals surface area contributed by atoms with Gasteiger partial charge in [0.05, 0.1) is 0 Å². The molecule has 0 fully saturated rings. The van der Waals surface area contributed by atoms with Gasteiger partial charge in [0, 0.05) is 30.8 Å². The quantitative estimate of drug-likeness (QED) is 0.346. The molecule has 5 rings (SSSR count). The molecule has 0 saturated heterocycles. The van der Waals surface area contributed by atoms with Crippen molar-refractivity contribution in [3.05, 3.63) is 71.0 Å².